The molecule has 0 radical (unpaired) electrons. The Morgan fingerprint density at radius 3 is 2.06 bits per heavy atom. The van der Waals surface area contributed by atoms with Crippen molar-refractivity contribution >= 4 is 0 Å². The molecule has 2 atom stereocenters. The van der Waals surface area contributed by atoms with E-state index in [1.807, 2.05) is 0 Å². The van der Waals surface area contributed by atoms with Gasteiger partial charge in [0, 0.05) is 13.1 Å². The van der Waals surface area contributed by atoms with E-state index in [-0.39, 0.29) is 0 Å². The summed E-state index contributed by atoms with van der Waals surface area (Å²) in [6, 6.07) is 0. The molecule has 0 bridgehead atoms. The Balaban J connectivity index is 2.71. The lowest BCUT2D eigenvalue weighted by molar-refractivity contribution is 0.151. The van der Waals surface area contributed by atoms with Gasteiger partial charge in [-0.25, -0.2) is 0 Å². The summed E-state index contributed by atoms with van der Waals surface area (Å²) in [6.07, 6.45) is 2.68. The van der Waals surface area contributed by atoms with Gasteiger partial charge in [-0.05, 0) is 36.1 Å². The van der Waals surface area contributed by atoms with Crippen LogP contribution in [0.5, 0.6) is 0 Å². The van der Waals surface area contributed by atoms with Crippen molar-refractivity contribution in [2.45, 2.75) is 54.4 Å². The maximum Gasteiger partial charge on any atom is 0.00149 e. The molecular weight excluding hydrogens is 194 g/mol. The lowest BCUT2D eigenvalue weighted by Crippen LogP contribution is -2.30. The third-order valence-electron chi connectivity index (χ3n) is 4.51. The molecule has 1 aliphatic rings. The number of rotatable bonds is 3. The molecule has 1 rings (SSSR count). The van der Waals surface area contributed by atoms with Crippen molar-refractivity contribution in [1.29, 1.82) is 0 Å². The summed E-state index contributed by atoms with van der Waals surface area (Å²) in [5.74, 6) is 1.75. The molecule has 0 aromatic heterocycles. The van der Waals surface area contributed by atoms with Crippen LogP contribution >= 0.6 is 0 Å². The van der Waals surface area contributed by atoms with Crippen LogP contribution in [0.25, 0.3) is 0 Å². The van der Waals surface area contributed by atoms with Crippen LogP contribution in [0.4, 0.5) is 0 Å². The monoisotopic (exact) mass is 225 g/mol. The van der Waals surface area contributed by atoms with Crippen molar-refractivity contribution < 1.29 is 0 Å². The topological polar surface area (TPSA) is 3.24 Å². The number of hydrogen-bond donors (Lipinski definition) is 0. The van der Waals surface area contributed by atoms with E-state index in [0.717, 1.165) is 11.8 Å². The van der Waals surface area contributed by atoms with Crippen molar-refractivity contribution in [3.05, 3.63) is 0 Å². The Kier molecular flexibility index (Phi) is 4.10. The molecule has 16 heavy (non-hydrogen) atoms. The summed E-state index contributed by atoms with van der Waals surface area (Å²) >= 11 is 0. The average Bonchev–Trinajstić information content (AvgIpc) is 2.45. The first-order valence-corrected chi connectivity index (χ1v) is 6.84. The van der Waals surface area contributed by atoms with E-state index in [9.17, 15) is 0 Å². The Hall–Kier alpha value is -0.0400. The van der Waals surface area contributed by atoms with E-state index in [0.29, 0.717) is 10.8 Å². The normalized spacial score (nSPS) is 28.7. The summed E-state index contributed by atoms with van der Waals surface area (Å²) < 4.78 is 0. The van der Waals surface area contributed by atoms with Gasteiger partial charge in [0.15, 0.2) is 0 Å². The lowest BCUT2D eigenvalue weighted by atomic mass is 9.69. The van der Waals surface area contributed by atoms with Crippen LogP contribution in [0.2, 0.25) is 0 Å². The average molecular weight is 225 g/mol. The highest BCUT2D eigenvalue weighted by Gasteiger charge is 2.40. The smallest absolute Gasteiger partial charge is 0.00149 e. The van der Waals surface area contributed by atoms with Gasteiger partial charge in [0.2, 0.25) is 0 Å². The van der Waals surface area contributed by atoms with Crippen LogP contribution in [0.3, 0.4) is 0 Å². The number of likely N-dealkylation sites (tertiary alicyclic amines) is 1. The number of hydrogen-bond acceptors (Lipinski definition) is 1. The van der Waals surface area contributed by atoms with Crippen LogP contribution in [0.1, 0.15) is 54.4 Å². The van der Waals surface area contributed by atoms with Gasteiger partial charge < -0.3 is 4.90 Å². The van der Waals surface area contributed by atoms with Crippen LogP contribution < -0.4 is 0 Å². The zero-order valence-corrected chi connectivity index (χ0v) is 12.4. The Morgan fingerprint density at radius 1 is 1.06 bits per heavy atom. The molecule has 0 aromatic rings. The molecule has 1 heteroatoms. The summed E-state index contributed by atoms with van der Waals surface area (Å²) in [5, 5.41) is 0. The quantitative estimate of drug-likeness (QED) is 0.701. The van der Waals surface area contributed by atoms with Gasteiger partial charge in [0.05, 0.1) is 0 Å². The second-order valence-corrected chi connectivity index (χ2v) is 7.68. The zero-order chi connectivity index (χ0) is 12.6. The summed E-state index contributed by atoms with van der Waals surface area (Å²) in [6.45, 7) is 17.0. The predicted molar refractivity (Wildman–Crippen MR) is 72.6 cm³/mol. The standard InChI is InChI=1S/C15H31N/c1-8-15(5,6)9-12-10-16(7)11-13(12)14(2,3)4/h12-13H,8-11H2,1-7H3. The molecule has 0 N–H and O–H groups in total. The van der Waals surface area contributed by atoms with Crippen LogP contribution in [-0.2, 0) is 0 Å². The zero-order valence-electron chi connectivity index (χ0n) is 12.4. The van der Waals surface area contributed by atoms with Gasteiger partial charge in [0.25, 0.3) is 0 Å². The van der Waals surface area contributed by atoms with Crippen molar-refractivity contribution in [1.82, 2.24) is 4.90 Å². The van der Waals surface area contributed by atoms with E-state index in [1.165, 1.54) is 25.9 Å². The molecule has 0 saturated carbocycles. The van der Waals surface area contributed by atoms with Gasteiger partial charge >= 0.3 is 0 Å². The fourth-order valence-electron chi connectivity index (χ4n) is 3.13. The summed E-state index contributed by atoms with van der Waals surface area (Å²) in [4.78, 5) is 2.52. The lowest BCUT2D eigenvalue weighted by Gasteiger charge is -2.35. The molecular formula is C15H31N. The fraction of sp³-hybridized carbons (Fsp3) is 1.00. The molecule has 1 fully saturated rings. The molecule has 1 heterocycles. The van der Waals surface area contributed by atoms with E-state index >= 15 is 0 Å². The van der Waals surface area contributed by atoms with Crippen molar-refractivity contribution in [3.63, 3.8) is 0 Å². The molecule has 2 unspecified atom stereocenters. The predicted octanol–water partition coefficient (Wildman–Crippen LogP) is 4.04. The fourth-order valence-corrected chi connectivity index (χ4v) is 3.13. The van der Waals surface area contributed by atoms with E-state index in [1.54, 1.807) is 0 Å². The molecule has 96 valence electrons. The minimum absolute atomic E-state index is 0.458. The molecule has 1 nitrogen and oxygen atoms in total. The van der Waals surface area contributed by atoms with Gasteiger partial charge in [-0.3, -0.25) is 0 Å². The van der Waals surface area contributed by atoms with Crippen molar-refractivity contribution in [2.75, 3.05) is 20.1 Å². The van der Waals surface area contributed by atoms with Crippen molar-refractivity contribution in [2.24, 2.45) is 22.7 Å². The third-order valence-corrected chi connectivity index (χ3v) is 4.51. The first kappa shape index (κ1) is 14.0. The highest BCUT2D eigenvalue weighted by Crippen LogP contribution is 2.43. The first-order valence-electron chi connectivity index (χ1n) is 6.84. The maximum absolute atomic E-state index is 2.52. The summed E-state index contributed by atoms with van der Waals surface area (Å²) in [5.41, 5.74) is 0.971. The van der Waals surface area contributed by atoms with Crippen LogP contribution in [0.15, 0.2) is 0 Å². The molecule has 0 aliphatic carbocycles. The largest absolute Gasteiger partial charge is 0.306 e. The van der Waals surface area contributed by atoms with Crippen molar-refractivity contribution in [3.8, 4) is 0 Å². The number of nitrogens with zero attached hydrogens (tertiary/aromatic N) is 1. The van der Waals surface area contributed by atoms with E-state index in [2.05, 4.69) is 53.5 Å². The molecule has 1 saturated heterocycles. The van der Waals surface area contributed by atoms with Gasteiger partial charge in [-0.2, -0.15) is 0 Å². The van der Waals surface area contributed by atoms with Gasteiger partial charge in [-0.1, -0.05) is 48.0 Å². The second-order valence-electron chi connectivity index (χ2n) is 7.68. The van der Waals surface area contributed by atoms with E-state index < -0.39 is 0 Å². The molecule has 0 spiro atoms. The molecule has 1 aliphatic heterocycles. The highest BCUT2D eigenvalue weighted by atomic mass is 15.1. The van der Waals surface area contributed by atoms with Gasteiger partial charge in [0.1, 0.15) is 0 Å². The third kappa shape index (κ3) is 3.48. The SMILES string of the molecule is CCC(C)(C)CC1CN(C)CC1C(C)(C)C. The van der Waals surface area contributed by atoms with E-state index in [4.69, 9.17) is 0 Å². The molecule has 0 amide bonds. The van der Waals surface area contributed by atoms with Gasteiger partial charge in [-0.15, -0.1) is 0 Å². The summed E-state index contributed by atoms with van der Waals surface area (Å²) in [7, 11) is 2.28. The second kappa shape index (κ2) is 4.68. The first-order chi connectivity index (χ1) is 7.15. The minimum Gasteiger partial charge on any atom is -0.306 e. The Labute approximate surface area is 103 Å². The maximum atomic E-state index is 2.52. The Bertz CT molecular complexity index is 224. The highest BCUT2D eigenvalue weighted by molar-refractivity contribution is 4.91. The Morgan fingerprint density at radius 2 is 1.62 bits per heavy atom. The van der Waals surface area contributed by atoms with Crippen LogP contribution in [-0.4, -0.2) is 25.0 Å². The minimum atomic E-state index is 0.458. The molecule has 0 aromatic carbocycles. The van der Waals surface area contributed by atoms with Crippen LogP contribution in [0, 0.1) is 22.7 Å².